The van der Waals surface area contributed by atoms with E-state index in [1.807, 2.05) is 56.3 Å². The van der Waals surface area contributed by atoms with Gasteiger partial charge in [0, 0.05) is 61.5 Å². The standard InChI is InChI=1S/C34H47N3O8/c1-23-9-25(33(42)27(11-23)21-44-31(17-38)18-39)13-36-7-4-8-37(16-30-6-3-5-29(15-36)35-30)14-26-10-24(2)12-28(34(26)43)22-45-32(19-40)20-41/h3,5-6,9-12,31-32,38-43H,4,7-8,13-22H2,1-2H3. The number of nitrogens with zero attached hydrogens (tertiary/aromatic N) is 3. The van der Waals surface area contributed by atoms with Gasteiger partial charge >= 0.3 is 0 Å². The van der Waals surface area contributed by atoms with Crippen LogP contribution in [0.3, 0.4) is 0 Å². The topological polar surface area (TPSA) is 159 Å². The van der Waals surface area contributed by atoms with E-state index in [0.717, 1.165) is 53.2 Å². The van der Waals surface area contributed by atoms with E-state index in [1.54, 1.807) is 0 Å². The summed E-state index contributed by atoms with van der Waals surface area (Å²) in [4.78, 5) is 9.45. The second-order valence-corrected chi connectivity index (χ2v) is 11.9. The smallest absolute Gasteiger partial charge is 0.125 e. The van der Waals surface area contributed by atoms with Crippen LogP contribution in [0.25, 0.3) is 0 Å². The molecule has 0 spiro atoms. The lowest BCUT2D eigenvalue weighted by Gasteiger charge is -2.29. The van der Waals surface area contributed by atoms with E-state index in [4.69, 9.17) is 14.5 Å². The van der Waals surface area contributed by atoms with Gasteiger partial charge in [-0.2, -0.15) is 0 Å². The summed E-state index contributed by atoms with van der Waals surface area (Å²) in [7, 11) is 0. The van der Waals surface area contributed by atoms with E-state index in [-0.39, 0.29) is 51.1 Å². The molecule has 0 unspecified atom stereocenters. The highest BCUT2D eigenvalue weighted by molar-refractivity contribution is 5.44. The summed E-state index contributed by atoms with van der Waals surface area (Å²) < 4.78 is 11.2. The van der Waals surface area contributed by atoms with Crippen molar-refractivity contribution in [1.82, 2.24) is 14.8 Å². The van der Waals surface area contributed by atoms with Crippen molar-refractivity contribution >= 4 is 0 Å². The summed E-state index contributed by atoms with van der Waals surface area (Å²) >= 11 is 0. The Hall–Kier alpha value is -3.13. The number of pyridine rings is 1. The van der Waals surface area contributed by atoms with Gasteiger partial charge in [-0.1, -0.05) is 41.5 Å². The van der Waals surface area contributed by atoms with Gasteiger partial charge in [-0.15, -0.1) is 0 Å². The molecule has 2 heterocycles. The highest BCUT2D eigenvalue weighted by atomic mass is 16.5. The maximum absolute atomic E-state index is 11.1. The van der Waals surface area contributed by atoms with Crippen LogP contribution in [0.1, 0.15) is 51.2 Å². The summed E-state index contributed by atoms with van der Waals surface area (Å²) in [6, 6.07) is 13.7. The Bertz CT molecular complexity index is 1280. The summed E-state index contributed by atoms with van der Waals surface area (Å²) in [6.07, 6.45) is -0.565. The quantitative estimate of drug-likeness (QED) is 0.156. The van der Waals surface area contributed by atoms with Crippen LogP contribution >= 0.6 is 0 Å². The molecule has 4 rings (SSSR count). The molecule has 0 fully saturated rings. The van der Waals surface area contributed by atoms with Crippen LogP contribution < -0.4 is 0 Å². The number of phenolic OH excluding ortho intramolecular Hbond substituents is 2. The fourth-order valence-electron chi connectivity index (χ4n) is 5.66. The second-order valence-electron chi connectivity index (χ2n) is 11.9. The number of fused-ring (bicyclic) bond motifs is 2. The molecule has 11 heteroatoms. The first-order valence-corrected chi connectivity index (χ1v) is 15.4. The number of aromatic nitrogens is 1. The predicted molar refractivity (Wildman–Crippen MR) is 168 cm³/mol. The lowest BCUT2D eigenvalue weighted by atomic mass is 10.0. The third kappa shape index (κ3) is 9.93. The minimum Gasteiger partial charge on any atom is -0.507 e. The zero-order valence-corrected chi connectivity index (χ0v) is 26.2. The summed E-state index contributed by atoms with van der Waals surface area (Å²) in [5.41, 5.74) is 6.57. The molecular formula is C34H47N3O8. The molecule has 0 aliphatic carbocycles. The fraction of sp³-hybridized carbons (Fsp3) is 0.500. The Morgan fingerprint density at radius 2 is 1.07 bits per heavy atom. The van der Waals surface area contributed by atoms with Gasteiger partial charge in [0.05, 0.1) is 51.0 Å². The number of aliphatic hydroxyl groups excluding tert-OH is 4. The normalized spacial score (nSPS) is 14.8. The molecular weight excluding hydrogens is 578 g/mol. The molecule has 2 aromatic carbocycles. The molecule has 1 aliphatic rings. The zero-order chi connectivity index (χ0) is 32.3. The van der Waals surface area contributed by atoms with Crippen molar-refractivity contribution in [2.45, 2.75) is 71.9 Å². The predicted octanol–water partition coefficient (Wildman–Crippen LogP) is 2.26. The van der Waals surface area contributed by atoms with E-state index < -0.39 is 12.2 Å². The lowest BCUT2D eigenvalue weighted by molar-refractivity contribution is -0.0290. The first-order valence-electron chi connectivity index (χ1n) is 15.4. The maximum atomic E-state index is 11.1. The minimum absolute atomic E-state index is 0.0773. The SMILES string of the molecule is Cc1cc(COC(CO)CO)c(O)c(CN2CCCN(Cc3cc(C)cc(COC(CO)CO)c3O)Cc3cccc(n3)C2)c1. The van der Waals surface area contributed by atoms with Crippen molar-refractivity contribution < 1.29 is 40.1 Å². The van der Waals surface area contributed by atoms with Crippen molar-refractivity contribution in [2.24, 2.45) is 0 Å². The second kappa shape index (κ2) is 17.0. The Kier molecular flexibility index (Phi) is 13.1. The monoisotopic (exact) mass is 625 g/mol. The third-order valence-electron chi connectivity index (χ3n) is 7.96. The number of rotatable bonds is 14. The van der Waals surface area contributed by atoms with Gasteiger partial charge < -0.3 is 40.1 Å². The molecule has 45 heavy (non-hydrogen) atoms. The van der Waals surface area contributed by atoms with E-state index in [1.165, 1.54) is 0 Å². The largest absolute Gasteiger partial charge is 0.507 e. The molecule has 0 atom stereocenters. The average Bonchev–Trinajstić information content (AvgIpc) is 3.02. The van der Waals surface area contributed by atoms with Crippen molar-refractivity contribution in [3.8, 4) is 11.5 Å². The first kappa shape index (κ1) is 34.7. The van der Waals surface area contributed by atoms with Crippen molar-refractivity contribution in [3.05, 3.63) is 87.2 Å². The third-order valence-corrected chi connectivity index (χ3v) is 7.96. The highest BCUT2D eigenvalue weighted by Crippen LogP contribution is 2.29. The number of hydrogen-bond donors (Lipinski definition) is 6. The van der Waals surface area contributed by atoms with Crippen molar-refractivity contribution in [1.29, 1.82) is 0 Å². The maximum Gasteiger partial charge on any atom is 0.125 e. The van der Waals surface area contributed by atoms with Gasteiger partial charge in [-0.3, -0.25) is 14.8 Å². The molecule has 11 nitrogen and oxygen atoms in total. The van der Waals surface area contributed by atoms with Crippen LogP contribution in [0, 0.1) is 13.8 Å². The number of aromatic hydroxyl groups is 2. The highest BCUT2D eigenvalue weighted by Gasteiger charge is 2.20. The number of aliphatic hydroxyl groups is 4. The molecule has 0 radical (unpaired) electrons. The Balaban J connectivity index is 1.50. The summed E-state index contributed by atoms with van der Waals surface area (Å²) in [6.45, 7) is 6.61. The van der Waals surface area contributed by atoms with Crippen LogP contribution in [-0.2, 0) is 48.9 Å². The molecule has 246 valence electrons. The number of phenols is 2. The van der Waals surface area contributed by atoms with Gasteiger partial charge in [0.2, 0.25) is 0 Å². The van der Waals surface area contributed by atoms with Crippen molar-refractivity contribution in [3.63, 3.8) is 0 Å². The van der Waals surface area contributed by atoms with Gasteiger partial charge in [0.1, 0.15) is 23.7 Å². The van der Waals surface area contributed by atoms with Crippen LogP contribution in [-0.4, -0.2) is 97.1 Å². The molecule has 3 aromatic rings. The summed E-state index contributed by atoms with van der Waals surface area (Å²) in [5, 5.41) is 59.6. The van der Waals surface area contributed by atoms with E-state index >= 15 is 0 Å². The zero-order valence-electron chi connectivity index (χ0n) is 26.2. The number of aryl methyl sites for hydroxylation is 2. The summed E-state index contributed by atoms with van der Waals surface area (Å²) in [5.74, 6) is 0.296. The lowest BCUT2D eigenvalue weighted by Crippen LogP contribution is -2.31. The van der Waals surface area contributed by atoms with Crippen LogP contribution in [0.4, 0.5) is 0 Å². The van der Waals surface area contributed by atoms with Gasteiger partial charge in [0.25, 0.3) is 0 Å². The van der Waals surface area contributed by atoms with Crippen LogP contribution in [0.2, 0.25) is 0 Å². The molecule has 0 saturated heterocycles. The number of benzene rings is 2. The van der Waals surface area contributed by atoms with Gasteiger partial charge in [0.15, 0.2) is 0 Å². The number of ether oxygens (including phenoxy) is 2. The number of hydrogen-bond acceptors (Lipinski definition) is 11. The van der Waals surface area contributed by atoms with E-state index in [0.29, 0.717) is 37.3 Å². The Morgan fingerprint density at radius 3 is 1.47 bits per heavy atom. The molecule has 1 aromatic heterocycles. The molecule has 6 N–H and O–H groups in total. The molecule has 1 aliphatic heterocycles. The molecule has 0 amide bonds. The van der Waals surface area contributed by atoms with Crippen LogP contribution in [0.15, 0.2) is 42.5 Å². The van der Waals surface area contributed by atoms with E-state index in [9.17, 15) is 30.6 Å². The Morgan fingerprint density at radius 1 is 0.667 bits per heavy atom. The molecule has 0 saturated carbocycles. The van der Waals surface area contributed by atoms with Crippen LogP contribution in [0.5, 0.6) is 11.5 Å². The molecule has 2 bridgehead atoms. The first-order chi connectivity index (χ1) is 21.7. The van der Waals surface area contributed by atoms with Gasteiger partial charge in [-0.05, 0) is 32.4 Å². The fourth-order valence-corrected chi connectivity index (χ4v) is 5.66. The minimum atomic E-state index is -0.705. The Labute approximate surface area is 264 Å². The van der Waals surface area contributed by atoms with E-state index in [2.05, 4.69) is 9.80 Å². The average molecular weight is 626 g/mol. The van der Waals surface area contributed by atoms with Gasteiger partial charge in [-0.25, -0.2) is 0 Å². The van der Waals surface area contributed by atoms with Crippen molar-refractivity contribution in [2.75, 3.05) is 39.5 Å².